The molecule has 0 fully saturated rings. The number of carbonyl (C=O) groups is 1. The quantitative estimate of drug-likeness (QED) is 0.729. The second-order valence-corrected chi connectivity index (χ2v) is 9.43. The Hall–Kier alpha value is -2.05. The molecule has 1 heterocycles. The first-order valence-electron chi connectivity index (χ1n) is 9.39. The first kappa shape index (κ1) is 20.7. The summed E-state index contributed by atoms with van der Waals surface area (Å²) in [6.45, 7) is 4.23. The zero-order valence-electron chi connectivity index (χ0n) is 16.4. The second kappa shape index (κ2) is 8.13. The van der Waals surface area contributed by atoms with E-state index in [4.69, 9.17) is 11.6 Å². The van der Waals surface area contributed by atoms with Crippen molar-refractivity contribution in [3.63, 3.8) is 0 Å². The molecular formula is C21H25ClN2O3S. The number of benzene rings is 2. The number of sulfonamides is 1. The minimum atomic E-state index is -3.70. The Kier molecular flexibility index (Phi) is 6.01. The number of carbonyl (C=O) groups excluding carboxylic acids is 1. The zero-order chi connectivity index (χ0) is 20.5. The predicted molar refractivity (Wildman–Crippen MR) is 115 cm³/mol. The van der Waals surface area contributed by atoms with Gasteiger partial charge in [-0.15, -0.1) is 0 Å². The predicted octanol–water partition coefficient (Wildman–Crippen LogP) is 4.17. The third-order valence-electron chi connectivity index (χ3n) is 5.10. The molecule has 2 aromatic rings. The van der Waals surface area contributed by atoms with Crippen molar-refractivity contribution < 1.29 is 13.2 Å². The lowest BCUT2D eigenvalue weighted by molar-refractivity contribution is -0.119. The van der Waals surface area contributed by atoms with Crippen molar-refractivity contribution in [2.24, 2.45) is 0 Å². The lowest BCUT2D eigenvalue weighted by Crippen LogP contribution is -2.52. The van der Waals surface area contributed by atoms with Gasteiger partial charge in [-0.2, -0.15) is 0 Å². The fraction of sp³-hybridized carbons (Fsp3) is 0.381. The van der Waals surface area contributed by atoms with Gasteiger partial charge < -0.3 is 4.90 Å². The molecule has 5 nitrogen and oxygen atoms in total. The number of rotatable bonds is 5. The summed E-state index contributed by atoms with van der Waals surface area (Å²) in [5, 5.41) is 0.430. The molecule has 0 radical (unpaired) electrons. The molecule has 2 aromatic carbocycles. The van der Waals surface area contributed by atoms with E-state index < -0.39 is 16.1 Å². The van der Waals surface area contributed by atoms with E-state index in [9.17, 15) is 13.2 Å². The van der Waals surface area contributed by atoms with Crippen LogP contribution in [-0.2, 0) is 21.2 Å². The number of para-hydroxylation sites is 1. The van der Waals surface area contributed by atoms with Crippen LogP contribution in [0.5, 0.6) is 0 Å². The standard InChI is InChI=1S/C21H25ClN2O3S/c1-4-18(21(25)23-13-7-9-16-8-5-6-10-19(16)23)24(28(3,26)27)20-14-17(22)12-11-15(20)2/h5-6,8,10-12,14,18H,4,7,9,13H2,1-3H3/t18-/m0/s1. The van der Waals surface area contributed by atoms with Gasteiger partial charge in [0.25, 0.3) is 5.91 Å². The Morgan fingerprint density at radius 2 is 1.96 bits per heavy atom. The van der Waals surface area contributed by atoms with Gasteiger partial charge in [0.15, 0.2) is 0 Å². The third-order valence-corrected chi connectivity index (χ3v) is 6.50. The van der Waals surface area contributed by atoms with E-state index in [1.54, 1.807) is 23.1 Å². The molecule has 0 spiro atoms. The van der Waals surface area contributed by atoms with E-state index in [0.717, 1.165) is 35.9 Å². The monoisotopic (exact) mass is 420 g/mol. The maximum absolute atomic E-state index is 13.5. The highest BCUT2D eigenvalue weighted by Crippen LogP contribution is 2.32. The summed E-state index contributed by atoms with van der Waals surface area (Å²) in [6, 6.07) is 12.1. The summed E-state index contributed by atoms with van der Waals surface area (Å²) in [6.07, 6.45) is 3.26. The Balaban J connectivity index is 2.07. The second-order valence-electron chi connectivity index (χ2n) is 7.14. The Morgan fingerprint density at radius 1 is 1.25 bits per heavy atom. The van der Waals surface area contributed by atoms with Crippen molar-refractivity contribution in [1.82, 2.24) is 0 Å². The molecule has 28 heavy (non-hydrogen) atoms. The lowest BCUT2D eigenvalue weighted by Gasteiger charge is -2.37. The van der Waals surface area contributed by atoms with Crippen molar-refractivity contribution >= 4 is 38.9 Å². The molecule has 1 amide bonds. The number of hydrogen-bond donors (Lipinski definition) is 0. The molecule has 7 heteroatoms. The number of amides is 1. The van der Waals surface area contributed by atoms with Crippen LogP contribution in [-0.4, -0.2) is 33.2 Å². The number of nitrogens with zero attached hydrogens (tertiary/aromatic N) is 2. The fourth-order valence-corrected chi connectivity index (χ4v) is 5.20. The van der Waals surface area contributed by atoms with E-state index in [-0.39, 0.29) is 5.91 Å². The van der Waals surface area contributed by atoms with Crippen molar-refractivity contribution in [3.05, 3.63) is 58.6 Å². The van der Waals surface area contributed by atoms with Gasteiger partial charge in [-0.1, -0.05) is 42.8 Å². The van der Waals surface area contributed by atoms with Gasteiger partial charge >= 0.3 is 0 Å². The maximum atomic E-state index is 13.5. The van der Waals surface area contributed by atoms with Crippen LogP contribution in [0.2, 0.25) is 5.02 Å². The normalized spacial score (nSPS) is 15.1. The molecule has 0 saturated heterocycles. The molecule has 0 saturated carbocycles. The summed E-state index contributed by atoms with van der Waals surface area (Å²) in [5.74, 6) is -0.209. The largest absolute Gasteiger partial charge is 0.310 e. The number of hydrogen-bond acceptors (Lipinski definition) is 3. The number of anilines is 2. The molecule has 0 aliphatic carbocycles. The molecular weight excluding hydrogens is 396 g/mol. The zero-order valence-corrected chi connectivity index (χ0v) is 17.9. The first-order valence-corrected chi connectivity index (χ1v) is 11.6. The van der Waals surface area contributed by atoms with Gasteiger partial charge in [-0.05, 0) is 55.5 Å². The third kappa shape index (κ3) is 4.03. The SMILES string of the molecule is CC[C@@H](C(=O)N1CCCc2ccccc21)N(c1cc(Cl)ccc1C)S(C)(=O)=O. The van der Waals surface area contributed by atoms with Gasteiger partial charge in [0.1, 0.15) is 6.04 Å². The van der Waals surface area contributed by atoms with Gasteiger partial charge in [0.05, 0.1) is 11.9 Å². The summed E-state index contributed by atoms with van der Waals surface area (Å²) in [7, 11) is -3.70. The average Bonchev–Trinajstić information content (AvgIpc) is 2.66. The summed E-state index contributed by atoms with van der Waals surface area (Å²) < 4.78 is 26.7. The van der Waals surface area contributed by atoms with Gasteiger partial charge in [-0.25, -0.2) is 8.42 Å². The molecule has 150 valence electrons. The minimum Gasteiger partial charge on any atom is -0.310 e. The van der Waals surface area contributed by atoms with Crippen molar-refractivity contribution in [2.75, 3.05) is 22.0 Å². The molecule has 0 unspecified atom stereocenters. The van der Waals surface area contributed by atoms with Crippen LogP contribution >= 0.6 is 11.6 Å². The van der Waals surface area contributed by atoms with Crippen LogP contribution < -0.4 is 9.21 Å². The summed E-state index contributed by atoms with van der Waals surface area (Å²) in [5.41, 5.74) is 3.18. The molecule has 1 aliphatic heterocycles. The van der Waals surface area contributed by atoms with Crippen LogP contribution in [0.3, 0.4) is 0 Å². The minimum absolute atomic E-state index is 0.209. The van der Waals surface area contributed by atoms with E-state index in [0.29, 0.717) is 23.7 Å². The molecule has 0 bridgehead atoms. The number of halogens is 1. The van der Waals surface area contributed by atoms with Crippen molar-refractivity contribution in [1.29, 1.82) is 0 Å². The molecule has 0 N–H and O–H groups in total. The van der Waals surface area contributed by atoms with E-state index in [1.165, 1.54) is 4.31 Å². The van der Waals surface area contributed by atoms with E-state index >= 15 is 0 Å². The summed E-state index contributed by atoms with van der Waals surface area (Å²) in [4.78, 5) is 15.3. The van der Waals surface area contributed by atoms with Crippen LogP contribution in [0.15, 0.2) is 42.5 Å². The molecule has 1 aliphatic rings. The van der Waals surface area contributed by atoms with E-state index in [2.05, 4.69) is 0 Å². The fourth-order valence-electron chi connectivity index (χ4n) is 3.78. The van der Waals surface area contributed by atoms with Crippen molar-refractivity contribution in [3.8, 4) is 0 Å². The molecule has 3 rings (SSSR count). The topological polar surface area (TPSA) is 57.7 Å². The van der Waals surface area contributed by atoms with Gasteiger partial charge in [0, 0.05) is 17.3 Å². The molecule has 0 aromatic heterocycles. The Labute approximate surface area is 172 Å². The highest BCUT2D eigenvalue weighted by atomic mass is 35.5. The van der Waals surface area contributed by atoms with Crippen LogP contribution in [0.4, 0.5) is 11.4 Å². The van der Waals surface area contributed by atoms with Crippen molar-refractivity contribution in [2.45, 2.75) is 39.2 Å². The number of aryl methyl sites for hydroxylation is 2. The Morgan fingerprint density at radius 3 is 2.64 bits per heavy atom. The van der Waals surface area contributed by atoms with Gasteiger partial charge in [0.2, 0.25) is 10.0 Å². The van der Waals surface area contributed by atoms with Gasteiger partial charge in [-0.3, -0.25) is 9.10 Å². The lowest BCUT2D eigenvalue weighted by atomic mass is 10.0. The van der Waals surface area contributed by atoms with E-state index in [1.807, 2.05) is 38.1 Å². The highest BCUT2D eigenvalue weighted by molar-refractivity contribution is 7.92. The smallest absolute Gasteiger partial charge is 0.250 e. The van der Waals surface area contributed by atoms with Crippen LogP contribution in [0.25, 0.3) is 0 Å². The summed E-state index contributed by atoms with van der Waals surface area (Å²) >= 11 is 6.14. The molecule has 1 atom stereocenters. The van der Waals surface area contributed by atoms with Crippen LogP contribution in [0.1, 0.15) is 30.9 Å². The first-order chi connectivity index (χ1) is 13.2. The Bertz CT molecular complexity index is 991. The highest BCUT2D eigenvalue weighted by Gasteiger charge is 2.36. The maximum Gasteiger partial charge on any atom is 0.250 e. The average molecular weight is 421 g/mol. The van der Waals surface area contributed by atoms with Crippen LogP contribution in [0, 0.1) is 6.92 Å². The number of fused-ring (bicyclic) bond motifs is 1.